The van der Waals surface area contributed by atoms with Gasteiger partial charge in [0.15, 0.2) is 6.29 Å². The number of aromatic nitrogens is 2. The molecule has 0 aliphatic carbocycles. The number of hydroxylamine groups is 1. The van der Waals surface area contributed by atoms with Gasteiger partial charge < -0.3 is 9.30 Å². The van der Waals surface area contributed by atoms with E-state index in [1.165, 1.54) is 6.08 Å². The number of imidazole rings is 1. The molecule has 4 rings (SSSR count). The third kappa shape index (κ3) is 5.85. The molecule has 2 heterocycles. The third-order valence-corrected chi connectivity index (χ3v) is 5.66. The fourth-order valence-electron chi connectivity index (χ4n) is 3.56. The number of benzene rings is 2. The van der Waals surface area contributed by atoms with E-state index in [4.69, 9.17) is 21.2 Å². The maximum atomic E-state index is 11.9. The Morgan fingerprint density at radius 3 is 2.72 bits per heavy atom. The van der Waals surface area contributed by atoms with Crippen LogP contribution in [0, 0.1) is 6.92 Å². The van der Waals surface area contributed by atoms with Crippen molar-refractivity contribution in [1.29, 1.82) is 0 Å². The Morgan fingerprint density at radius 1 is 1.22 bits per heavy atom. The molecule has 3 aromatic rings. The molecule has 0 radical (unpaired) electrons. The molecule has 1 fully saturated rings. The van der Waals surface area contributed by atoms with E-state index in [0.29, 0.717) is 18.2 Å². The Hall–Kier alpha value is -2.93. The van der Waals surface area contributed by atoms with Crippen molar-refractivity contribution in [2.24, 2.45) is 0 Å². The van der Waals surface area contributed by atoms with Crippen molar-refractivity contribution in [3.63, 3.8) is 0 Å². The zero-order valence-electron chi connectivity index (χ0n) is 18.0. The third-order valence-electron chi connectivity index (χ3n) is 5.41. The van der Waals surface area contributed by atoms with E-state index < -0.39 is 0 Å². The monoisotopic (exact) mass is 451 g/mol. The molecule has 0 bridgehead atoms. The molecule has 1 aromatic heterocycles. The lowest BCUT2D eigenvalue weighted by Gasteiger charge is -2.21. The Balaban J connectivity index is 1.32. The number of nitrogens with zero attached hydrogens (tertiary/aromatic N) is 2. The van der Waals surface area contributed by atoms with Crippen molar-refractivity contribution >= 4 is 23.6 Å². The van der Waals surface area contributed by atoms with Crippen LogP contribution in [0.25, 0.3) is 17.3 Å². The van der Waals surface area contributed by atoms with Gasteiger partial charge in [0.05, 0.1) is 12.0 Å². The first-order valence-corrected chi connectivity index (χ1v) is 11.1. The summed E-state index contributed by atoms with van der Waals surface area (Å²) >= 11 is 5.99. The number of ether oxygens (including phenoxy) is 1. The van der Waals surface area contributed by atoms with Crippen LogP contribution in [0.3, 0.4) is 0 Å². The van der Waals surface area contributed by atoms with E-state index in [2.05, 4.69) is 22.0 Å². The van der Waals surface area contributed by atoms with Crippen molar-refractivity contribution in [2.75, 3.05) is 6.61 Å². The highest BCUT2D eigenvalue weighted by atomic mass is 35.5. The molecule has 2 aromatic carbocycles. The van der Waals surface area contributed by atoms with Gasteiger partial charge in [-0.2, -0.15) is 0 Å². The van der Waals surface area contributed by atoms with E-state index in [1.54, 1.807) is 6.08 Å². The molecule has 0 saturated carbocycles. The predicted molar refractivity (Wildman–Crippen MR) is 125 cm³/mol. The average molecular weight is 452 g/mol. The zero-order valence-corrected chi connectivity index (χ0v) is 18.7. The zero-order chi connectivity index (χ0) is 22.3. The summed E-state index contributed by atoms with van der Waals surface area (Å²) in [5.74, 6) is -0.313. The molecular weight excluding hydrogens is 426 g/mol. The maximum Gasteiger partial charge on any atom is 0.267 e. The van der Waals surface area contributed by atoms with E-state index in [0.717, 1.165) is 47.3 Å². The minimum Gasteiger partial charge on any atom is -0.350 e. The second-order valence-electron chi connectivity index (χ2n) is 7.77. The lowest BCUT2D eigenvalue weighted by Crippen LogP contribution is -2.32. The molecule has 0 spiro atoms. The van der Waals surface area contributed by atoms with Crippen molar-refractivity contribution in [1.82, 2.24) is 15.0 Å². The summed E-state index contributed by atoms with van der Waals surface area (Å²) in [5, 5.41) is 0.711. The number of hydrogen-bond acceptors (Lipinski definition) is 4. The first-order chi connectivity index (χ1) is 15.6. The quantitative estimate of drug-likeness (QED) is 0.398. The van der Waals surface area contributed by atoms with Gasteiger partial charge in [-0.3, -0.25) is 4.79 Å². The number of amides is 1. The van der Waals surface area contributed by atoms with Crippen molar-refractivity contribution in [3.8, 4) is 11.3 Å². The fourth-order valence-corrected chi connectivity index (χ4v) is 3.68. The molecule has 1 aliphatic rings. The molecule has 166 valence electrons. The minimum absolute atomic E-state index is 0.313. The second-order valence-corrected chi connectivity index (χ2v) is 8.21. The van der Waals surface area contributed by atoms with Gasteiger partial charge in [-0.25, -0.2) is 15.3 Å². The smallest absolute Gasteiger partial charge is 0.267 e. The van der Waals surface area contributed by atoms with Crippen LogP contribution in [-0.2, 0) is 20.9 Å². The Bertz CT molecular complexity index is 1070. The van der Waals surface area contributed by atoms with E-state index in [-0.39, 0.29) is 12.2 Å². The number of hydrogen-bond donors (Lipinski definition) is 1. The average Bonchev–Trinajstić information content (AvgIpc) is 3.18. The SMILES string of the molecule is Cc1c(-c2ccc(Cl)cc2)ncn1Cc1ccc(/C=C/C(=O)NOC2CCCCO2)cc1. The number of carbonyl (C=O) groups excluding carboxylic acids is 1. The van der Waals surface area contributed by atoms with Crippen LogP contribution in [-0.4, -0.2) is 28.4 Å². The molecule has 1 saturated heterocycles. The highest BCUT2D eigenvalue weighted by molar-refractivity contribution is 6.30. The molecule has 6 nitrogen and oxygen atoms in total. The van der Waals surface area contributed by atoms with E-state index >= 15 is 0 Å². The van der Waals surface area contributed by atoms with Crippen molar-refractivity contribution < 1.29 is 14.4 Å². The van der Waals surface area contributed by atoms with Gasteiger partial charge in [0.1, 0.15) is 0 Å². The van der Waals surface area contributed by atoms with Crippen molar-refractivity contribution in [2.45, 2.75) is 39.0 Å². The molecular formula is C25H26ClN3O3. The molecule has 1 amide bonds. The highest BCUT2D eigenvalue weighted by Crippen LogP contribution is 2.24. The molecule has 7 heteroatoms. The van der Waals surface area contributed by atoms with Crippen LogP contribution in [0.1, 0.15) is 36.1 Å². The Kier molecular flexibility index (Phi) is 7.37. The minimum atomic E-state index is -0.354. The summed E-state index contributed by atoms with van der Waals surface area (Å²) in [7, 11) is 0. The normalized spacial score (nSPS) is 16.4. The Labute approximate surface area is 192 Å². The summed E-state index contributed by atoms with van der Waals surface area (Å²) in [5.41, 5.74) is 7.59. The Morgan fingerprint density at radius 2 is 2.00 bits per heavy atom. The van der Waals surface area contributed by atoms with Crippen LogP contribution in [0.5, 0.6) is 0 Å². The second kappa shape index (κ2) is 10.6. The summed E-state index contributed by atoms with van der Waals surface area (Å²) in [6, 6.07) is 15.8. The fraction of sp³-hybridized carbons (Fsp3) is 0.280. The summed E-state index contributed by atoms with van der Waals surface area (Å²) < 4.78 is 7.54. The number of nitrogens with one attached hydrogen (secondary N) is 1. The first-order valence-electron chi connectivity index (χ1n) is 10.7. The van der Waals surface area contributed by atoms with E-state index in [1.807, 2.05) is 54.9 Å². The summed E-state index contributed by atoms with van der Waals surface area (Å²) in [6.45, 7) is 3.45. The molecule has 32 heavy (non-hydrogen) atoms. The van der Waals surface area contributed by atoms with Crippen LogP contribution < -0.4 is 5.48 Å². The molecule has 1 unspecified atom stereocenters. The molecule has 1 atom stereocenters. The van der Waals surface area contributed by atoms with E-state index in [9.17, 15) is 4.79 Å². The van der Waals surface area contributed by atoms with Crippen LogP contribution >= 0.6 is 11.6 Å². The number of carbonyl (C=O) groups is 1. The lowest BCUT2D eigenvalue weighted by molar-refractivity contribution is -0.198. The molecule has 1 aliphatic heterocycles. The van der Waals surface area contributed by atoms with Gasteiger partial charge in [0, 0.05) is 41.9 Å². The number of halogens is 1. The van der Waals surface area contributed by atoms with Gasteiger partial charge >= 0.3 is 0 Å². The van der Waals surface area contributed by atoms with Crippen LogP contribution in [0.4, 0.5) is 0 Å². The molecule has 1 N–H and O–H groups in total. The van der Waals surface area contributed by atoms with Gasteiger partial charge in [0.2, 0.25) is 0 Å². The van der Waals surface area contributed by atoms with Crippen molar-refractivity contribution in [3.05, 3.63) is 82.8 Å². The summed E-state index contributed by atoms with van der Waals surface area (Å²) in [4.78, 5) is 21.8. The van der Waals surface area contributed by atoms with Gasteiger partial charge in [-0.15, -0.1) is 0 Å². The van der Waals surface area contributed by atoms with Gasteiger partial charge in [-0.1, -0.05) is 48.0 Å². The van der Waals surface area contributed by atoms with Crippen LogP contribution in [0.2, 0.25) is 5.02 Å². The lowest BCUT2D eigenvalue weighted by atomic mass is 10.1. The highest BCUT2D eigenvalue weighted by Gasteiger charge is 2.15. The van der Waals surface area contributed by atoms with Gasteiger partial charge in [-0.05, 0) is 49.1 Å². The van der Waals surface area contributed by atoms with Crippen LogP contribution in [0.15, 0.2) is 60.9 Å². The largest absolute Gasteiger partial charge is 0.350 e. The maximum absolute atomic E-state index is 11.9. The first kappa shape index (κ1) is 22.3. The number of rotatable bonds is 7. The topological polar surface area (TPSA) is 65.4 Å². The standard InChI is InChI=1S/C25H26ClN3O3/c1-18-25(21-10-12-22(26)13-11-21)27-17-29(18)16-20-7-5-19(6-8-20)9-14-23(30)28-32-24-4-2-3-15-31-24/h5-14,17,24H,2-4,15-16H2,1H3,(H,28,30)/b14-9+. The summed E-state index contributed by atoms with van der Waals surface area (Å²) in [6.07, 6.45) is 7.59. The van der Waals surface area contributed by atoms with Gasteiger partial charge in [0.25, 0.3) is 5.91 Å². The predicted octanol–water partition coefficient (Wildman–Crippen LogP) is 5.15.